The van der Waals surface area contributed by atoms with Crippen LogP contribution in [0.15, 0.2) is 60.7 Å². The minimum atomic E-state index is -0.281. The predicted molar refractivity (Wildman–Crippen MR) is 148 cm³/mol. The Bertz CT molecular complexity index is 1120. The van der Waals surface area contributed by atoms with Gasteiger partial charge in [-0.2, -0.15) is 0 Å². The van der Waals surface area contributed by atoms with Crippen molar-refractivity contribution in [1.82, 2.24) is 10.6 Å². The second-order valence-corrected chi connectivity index (χ2v) is 10.8. The van der Waals surface area contributed by atoms with Crippen LogP contribution in [-0.2, 0) is 22.4 Å². The second-order valence-electron chi connectivity index (χ2n) is 8.65. The van der Waals surface area contributed by atoms with Crippen LogP contribution in [0.1, 0.15) is 36.8 Å². The van der Waals surface area contributed by atoms with Crippen LogP contribution in [0.5, 0.6) is 0 Å². The topological polar surface area (TPSA) is 154 Å². The number of nitrogens with one attached hydrogen (secondary N) is 6. The number of benzene rings is 2. The minimum Gasteiger partial charge on any atom is -0.305 e. The highest BCUT2D eigenvalue weighted by Gasteiger charge is 2.29. The molecule has 2 amide bonds. The molecule has 0 radical (unpaired) electrons. The van der Waals surface area contributed by atoms with E-state index in [4.69, 9.17) is 21.6 Å². The zero-order chi connectivity index (χ0) is 25.9. The van der Waals surface area contributed by atoms with Crippen molar-refractivity contribution in [1.29, 1.82) is 21.6 Å². The van der Waals surface area contributed by atoms with Crippen LogP contribution in [0.4, 0.5) is 0 Å². The Morgan fingerprint density at radius 3 is 1.78 bits per heavy atom. The molecule has 0 aromatic heterocycles. The third-order valence-corrected chi connectivity index (χ3v) is 7.32. The van der Waals surface area contributed by atoms with Crippen molar-refractivity contribution in [2.45, 2.75) is 38.5 Å². The highest BCUT2D eigenvalue weighted by Crippen LogP contribution is 2.37. The monoisotopic (exact) mass is 522 g/mol. The molecule has 2 aromatic rings. The molecule has 6 N–H and O–H groups in total. The second kappa shape index (κ2) is 13.7. The first-order valence-electron chi connectivity index (χ1n) is 11.6. The van der Waals surface area contributed by atoms with Crippen LogP contribution < -0.4 is 10.6 Å². The maximum atomic E-state index is 12.1. The van der Waals surface area contributed by atoms with Crippen LogP contribution in [0.2, 0.25) is 0 Å². The highest BCUT2D eigenvalue weighted by atomic mass is 32.2. The number of hydrogen-bond donors (Lipinski definition) is 6. The standard InChI is InChI=1S/C26H30N6O2S2/c27-21(35-25(29)31-22(33)15-17-7-3-1-4-8-17)14-19-11-12-20(13-19)24(28)36-26(30)32-23(34)16-18-9-5-2-6-10-18/h1-10,19-20,27-28H,11-16H2,(H2,29,31,33)(H2,30,32,34)/t19-,20?/m0/s1. The summed E-state index contributed by atoms with van der Waals surface area (Å²) in [6.07, 6.45) is 3.24. The Balaban J connectivity index is 1.34. The molecule has 10 heteroatoms. The molecule has 0 saturated heterocycles. The lowest BCUT2D eigenvalue weighted by molar-refractivity contribution is -0.119. The molecule has 0 spiro atoms. The van der Waals surface area contributed by atoms with Gasteiger partial charge >= 0.3 is 0 Å². The van der Waals surface area contributed by atoms with Crippen molar-refractivity contribution in [2.75, 3.05) is 0 Å². The largest absolute Gasteiger partial charge is 0.305 e. The normalized spacial score (nSPS) is 16.7. The first kappa shape index (κ1) is 27.3. The lowest BCUT2D eigenvalue weighted by Gasteiger charge is -2.14. The van der Waals surface area contributed by atoms with Crippen molar-refractivity contribution in [3.8, 4) is 0 Å². The Kier molecular flexibility index (Phi) is 10.4. The molecule has 8 nitrogen and oxygen atoms in total. The molecule has 0 aliphatic heterocycles. The van der Waals surface area contributed by atoms with Crippen LogP contribution in [0, 0.1) is 33.5 Å². The fourth-order valence-electron chi connectivity index (χ4n) is 4.07. The first-order chi connectivity index (χ1) is 17.3. The van der Waals surface area contributed by atoms with Gasteiger partial charge < -0.3 is 10.6 Å². The maximum Gasteiger partial charge on any atom is 0.230 e. The zero-order valence-corrected chi connectivity index (χ0v) is 21.4. The molecular formula is C26H30N6O2S2. The summed E-state index contributed by atoms with van der Waals surface area (Å²) in [4.78, 5) is 24.2. The molecular weight excluding hydrogens is 492 g/mol. The number of rotatable bonds is 7. The van der Waals surface area contributed by atoms with Gasteiger partial charge in [-0.05, 0) is 66.3 Å². The van der Waals surface area contributed by atoms with E-state index in [2.05, 4.69) is 10.6 Å². The van der Waals surface area contributed by atoms with Crippen molar-refractivity contribution in [2.24, 2.45) is 11.8 Å². The van der Waals surface area contributed by atoms with E-state index < -0.39 is 0 Å². The van der Waals surface area contributed by atoms with Crippen molar-refractivity contribution < 1.29 is 9.59 Å². The van der Waals surface area contributed by atoms with E-state index in [9.17, 15) is 9.59 Å². The Morgan fingerprint density at radius 1 is 0.750 bits per heavy atom. The SMILES string of the molecule is N=C(C[C@H]1CCC(C(=N)SC(=N)NC(=O)Cc2ccccc2)C1)SC(=N)NC(=O)Cc1ccccc1. The predicted octanol–water partition coefficient (Wildman–Crippen LogP) is 4.80. The molecule has 1 aliphatic carbocycles. The molecule has 0 bridgehead atoms. The van der Waals surface area contributed by atoms with Crippen molar-refractivity contribution >= 4 is 55.8 Å². The average molecular weight is 523 g/mol. The van der Waals surface area contributed by atoms with Crippen LogP contribution in [0.25, 0.3) is 0 Å². The van der Waals surface area contributed by atoms with Crippen molar-refractivity contribution in [3.63, 3.8) is 0 Å². The van der Waals surface area contributed by atoms with Crippen LogP contribution in [-0.4, -0.2) is 32.2 Å². The fraction of sp³-hybridized carbons (Fsp3) is 0.308. The lowest BCUT2D eigenvalue weighted by Crippen LogP contribution is -2.30. The van der Waals surface area contributed by atoms with Gasteiger partial charge in [0, 0.05) is 5.92 Å². The summed E-state index contributed by atoms with van der Waals surface area (Å²) in [5, 5.41) is 38.3. The third-order valence-electron chi connectivity index (χ3n) is 5.74. The Morgan fingerprint density at radius 2 is 1.25 bits per heavy atom. The average Bonchev–Trinajstić information content (AvgIpc) is 3.28. The van der Waals surface area contributed by atoms with Gasteiger partial charge in [0.2, 0.25) is 11.8 Å². The van der Waals surface area contributed by atoms with Crippen molar-refractivity contribution in [3.05, 3.63) is 71.8 Å². The van der Waals surface area contributed by atoms with E-state index in [0.717, 1.165) is 53.9 Å². The molecule has 1 saturated carbocycles. The van der Waals surface area contributed by atoms with Gasteiger partial charge in [-0.15, -0.1) is 0 Å². The number of carbonyl (C=O) groups is 2. The molecule has 36 heavy (non-hydrogen) atoms. The van der Waals surface area contributed by atoms with Gasteiger partial charge in [0.05, 0.1) is 22.9 Å². The van der Waals surface area contributed by atoms with Gasteiger partial charge in [0.25, 0.3) is 0 Å². The first-order valence-corrected chi connectivity index (χ1v) is 13.3. The van der Waals surface area contributed by atoms with E-state index in [1.165, 1.54) is 0 Å². The van der Waals surface area contributed by atoms with E-state index in [1.54, 1.807) is 0 Å². The van der Waals surface area contributed by atoms with Gasteiger partial charge in [0.15, 0.2) is 10.3 Å². The van der Waals surface area contributed by atoms with E-state index in [0.29, 0.717) is 16.5 Å². The van der Waals surface area contributed by atoms with Gasteiger partial charge in [0.1, 0.15) is 0 Å². The lowest BCUT2D eigenvalue weighted by atomic mass is 10.0. The molecule has 1 fully saturated rings. The smallest absolute Gasteiger partial charge is 0.230 e. The minimum absolute atomic E-state index is 0.00537. The quantitative estimate of drug-likeness (QED) is 0.228. The maximum absolute atomic E-state index is 12.1. The van der Waals surface area contributed by atoms with Gasteiger partial charge in [-0.3, -0.25) is 31.2 Å². The number of thioether (sulfide) groups is 2. The summed E-state index contributed by atoms with van der Waals surface area (Å²) in [6.45, 7) is 0. The van der Waals surface area contributed by atoms with Gasteiger partial charge in [-0.25, -0.2) is 0 Å². The summed E-state index contributed by atoms with van der Waals surface area (Å²) >= 11 is 1.92. The Labute approximate surface area is 219 Å². The molecule has 1 aliphatic rings. The van der Waals surface area contributed by atoms with Crippen LogP contribution >= 0.6 is 23.5 Å². The number of hydrogen-bond acceptors (Lipinski definition) is 8. The van der Waals surface area contributed by atoms with Gasteiger partial charge in [-0.1, -0.05) is 60.7 Å². The summed E-state index contributed by atoms with van der Waals surface area (Å²) < 4.78 is 0. The molecule has 1 unspecified atom stereocenters. The van der Waals surface area contributed by atoms with Crippen LogP contribution in [0.3, 0.4) is 0 Å². The zero-order valence-electron chi connectivity index (χ0n) is 19.8. The number of carbonyl (C=O) groups excluding carboxylic acids is 2. The number of amidine groups is 2. The summed E-state index contributed by atoms with van der Waals surface area (Å²) in [7, 11) is 0. The Hall–Kier alpha value is -3.24. The highest BCUT2D eigenvalue weighted by molar-refractivity contribution is 8.26. The summed E-state index contributed by atoms with van der Waals surface area (Å²) in [6, 6.07) is 18.6. The molecule has 2 atom stereocenters. The summed E-state index contributed by atoms with van der Waals surface area (Å²) in [5.74, 6) is -0.351. The number of amides is 2. The fourth-order valence-corrected chi connectivity index (χ4v) is 5.57. The van der Waals surface area contributed by atoms with E-state index in [-0.39, 0.29) is 46.8 Å². The molecule has 188 valence electrons. The summed E-state index contributed by atoms with van der Waals surface area (Å²) in [5.41, 5.74) is 1.73. The molecule has 0 heterocycles. The molecule has 3 rings (SSSR count). The third kappa shape index (κ3) is 9.43. The van der Waals surface area contributed by atoms with E-state index in [1.807, 2.05) is 60.7 Å². The van der Waals surface area contributed by atoms with E-state index >= 15 is 0 Å². The molecule has 2 aromatic carbocycles.